The maximum Gasteiger partial charge on any atom is 0.276 e. The van der Waals surface area contributed by atoms with Crippen LogP contribution in [0.1, 0.15) is 5.56 Å². The summed E-state index contributed by atoms with van der Waals surface area (Å²) >= 11 is 0. The molecule has 0 amide bonds. The summed E-state index contributed by atoms with van der Waals surface area (Å²) in [5.74, 6) is 0.416. The van der Waals surface area contributed by atoms with Crippen LogP contribution in [0.2, 0.25) is 0 Å². The average Bonchev–Trinajstić information content (AvgIpc) is 2.41. The third-order valence-corrected chi connectivity index (χ3v) is 2.76. The monoisotopic (exact) mass is 245 g/mol. The number of rotatable bonds is 3. The molecule has 0 atom stereocenters. The van der Waals surface area contributed by atoms with Gasteiger partial charge in [0.15, 0.2) is 5.82 Å². The van der Waals surface area contributed by atoms with Crippen molar-refractivity contribution >= 4 is 17.2 Å². The molecule has 5 N–H and O–H groups in total. The molecule has 0 spiro atoms. The van der Waals surface area contributed by atoms with Gasteiger partial charge in [-0.25, -0.2) is 4.98 Å². The molecule has 6 heteroatoms. The summed E-state index contributed by atoms with van der Waals surface area (Å²) in [7, 11) is 1.80. The minimum Gasteiger partial charge on any atom is -0.391 e. The Labute approximate surface area is 104 Å². The summed E-state index contributed by atoms with van der Waals surface area (Å²) in [5.41, 5.74) is 13.0. The van der Waals surface area contributed by atoms with Gasteiger partial charge in [-0.05, 0) is 11.6 Å². The SMILES string of the molecule is CN(c1ccccc1CN)c1nc[nH]c(=O)c1N. The van der Waals surface area contributed by atoms with Crippen molar-refractivity contribution in [2.24, 2.45) is 5.73 Å². The molecule has 6 nitrogen and oxygen atoms in total. The normalized spacial score (nSPS) is 10.3. The van der Waals surface area contributed by atoms with Crippen molar-refractivity contribution in [1.29, 1.82) is 0 Å². The third kappa shape index (κ3) is 2.05. The number of benzene rings is 1. The Morgan fingerprint density at radius 1 is 1.39 bits per heavy atom. The number of hydrogen-bond acceptors (Lipinski definition) is 5. The van der Waals surface area contributed by atoms with E-state index in [0.29, 0.717) is 12.4 Å². The van der Waals surface area contributed by atoms with E-state index < -0.39 is 0 Å². The summed E-state index contributed by atoms with van der Waals surface area (Å²) in [6.45, 7) is 0.406. The summed E-state index contributed by atoms with van der Waals surface area (Å²) in [6, 6.07) is 7.64. The molecule has 2 aromatic rings. The van der Waals surface area contributed by atoms with E-state index in [0.717, 1.165) is 11.3 Å². The average molecular weight is 245 g/mol. The molecule has 18 heavy (non-hydrogen) atoms. The van der Waals surface area contributed by atoms with Crippen LogP contribution in [0.15, 0.2) is 35.4 Å². The first kappa shape index (κ1) is 12.1. The van der Waals surface area contributed by atoms with Crippen LogP contribution in [-0.2, 0) is 6.54 Å². The van der Waals surface area contributed by atoms with Crippen LogP contribution in [0, 0.1) is 0 Å². The molecule has 0 aliphatic heterocycles. The van der Waals surface area contributed by atoms with Crippen LogP contribution in [0.4, 0.5) is 17.2 Å². The minimum atomic E-state index is -0.350. The van der Waals surface area contributed by atoms with Gasteiger partial charge >= 0.3 is 0 Å². The number of hydrogen-bond donors (Lipinski definition) is 3. The molecule has 0 bridgehead atoms. The fourth-order valence-corrected chi connectivity index (χ4v) is 1.79. The van der Waals surface area contributed by atoms with Gasteiger partial charge in [-0.15, -0.1) is 0 Å². The number of nitrogens with zero attached hydrogens (tertiary/aromatic N) is 2. The molecule has 0 fully saturated rings. The van der Waals surface area contributed by atoms with E-state index in [4.69, 9.17) is 11.5 Å². The molecule has 0 radical (unpaired) electrons. The van der Waals surface area contributed by atoms with Crippen LogP contribution in [0.5, 0.6) is 0 Å². The predicted octanol–water partition coefficient (Wildman–Crippen LogP) is 0.579. The van der Waals surface area contributed by atoms with Crippen molar-refractivity contribution in [2.45, 2.75) is 6.54 Å². The lowest BCUT2D eigenvalue weighted by Gasteiger charge is -2.21. The number of nitrogens with one attached hydrogen (secondary N) is 1. The fraction of sp³-hybridized carbons (Fsp3) is 0.167. The standard InChI is InChI=1S/C12H15N5O/c1-17(9-5-3-2-4-8(9)6-13)11-10(14)12(18)16-7-15-11/h2-5,7H,6,13-14H2,1H3,(H,15,16,18). The molecular weight excluding hydrogens is 230 g/mol. The van der Waals surface area contributed by atoms with Gasteiger partial charge in [0, 0.05) is 19.3 Å². The van der Waals surface area contributed by atoms with Gasteiger partial charge in [0.05, 0.1) is 6.33 Å². The van der Waals surface area contributed by atoms with Gasteiger partial charge in [-0.2, -0.15) is 0 Å². The number of nitrogens with two attached hydrogens (primary N) is 2. The Hall–Kier alpha value is -2.34. The lowest BCUT2D eigenvalue weighted by atomic mass is 10.1. The number of aromatic amines is 1. The molecule has 0 aliphatic rings. The molecule has 1 heterocycles. The van der Waals surface area contributed by atoms with Crippen molar-refractivity contribution in [1.82, 2.24) is 9.97 Å². The fourth-order valence-electron chi connectivity index (χ4n) is 1.79. The Kier molecular flexibility index (Phi) is 3.29. The van der Waals surface area contributed by atoms with E-state index in [9.17, 15) is 4.79 Å². The summed E-state index contributed by atoms with van der Waals surface area (Å²) in [5, 5.41) is 0. The molecule has 1 aromatic heterocycles. The smallest absolute Gasteiger partial charge is 0.276 e. The molecule has 0 saturated carbocycles. The first-order valence-electron chi connectivity index (χ1n) is 5.50. The number of aromatic nitrogens is 2. The van der Waals surface area contributed by atoms with Gasteiger partial charge in [0.1, 0.15) is 5.69 Å². The second-order valence-electron chi connectivity index (χ2n) is 3.86. The van der Waals surface area contributed by atoms with Gasteiger partial charge in [0.2, 0.25) is 0 Å². The van der Waals surface area contributed by atoms with E-state index in [-0.39, 0.29) is 11.2 Å². The van der Waals surface area contributed by atoms with E-state index in [1.807, 2.05) is 24.3 Å². The Balaban J connectivity index is 2.51. The summed E-state index contributed by atoms with van der Waals surface area (Å²) in [6.07, 6.45) is 1.33. The Morgan fingerprint density at radius 3 is 2.83 bits per heavy atom. The first-order valence-corrected chi connectivity index (χ1v) is 5.50. The van der Waals surface area contributed by atoms with Gasteiger partial charge < -0.3 is 21.4 Å². The second kappa shape index (κ2) is 4.89. The highest BCUT2D eigenvalue weighted by Crippen LogP contribution is 2.27. The van der Waals surface area contributed by atoms with Gasteiger partial charge in [-0.1, -0.05) is 18.2 Å². The largest absolute Gasteiger partial charge is 0.391 e. The van der Waals surface area contributed by atoms with Crippen molar-refractivity contribution in [3.05, 3.63) is 46.5 Å². The number of para-hydroxylation sites is 1. The van der Waals surface area contributed by atoms with E-state index in [1.165, 1.54) is 6.33 Å². The Morgan fingerprint density at radius 2 is 2.11 bits per heavy atom. The number of nitrogen functional groups attached to an aromatic ring is 1. The summed E-state index contributed by atoms with van der Waals surface area (Å²) < 4.78 is 0. The van der Waals surface area contributed by atoms with Crippen LogP contribution in [0.3, 0.4) is 0 Å². The van der Waals surface area contributed by atoms with Crippen molar-refractivity contribution in [2.75, 3.05) is 17.7 Å². The van der Waals surface area contributed by atoms with Gasteiger partial charge in [-0.3, -0.25) is 4.79 Å². The Bertz CT molecular complexity index is 607. The topological polar surface area (TPSA) is 101 Å². The first-order chi connectivity index (χ1) is 8.65. The quantitative estimate of drug-likeness (QED) is 0.734. The molecular formula is C12H15N5O. The number of H-pyrrole nitrogens is 1. The zero-order chi connectivity index (χ0) is 13.1. The molecule has 2 rings (SSSR count). The highest BCUT2D eigenvalue weighted by molar-refractivity contribution is 5.71. The minimum absolute atomic E-state index is 0.0897. The van der Waals surface area contributed by atoms with E-state index in [2.05, 4.69) is 9.97 Å². The van der Waals surface area contributed by atoms with Crippen molar-refractivity contribution in [3.63, 3.8) is 0 Å². The highest BCUT2D eigenvalue weighted by atomic mass is 16.1. The molecule has 1 aromatic carbocycles. The lowest BCUT2D eigenvalue weighted by Crippen LogP contribution is -2.21. The van der Waals surface area contributed by atoms with Crippen LogP contribution in [0.25, 0.3) is 0 Å². The highest BCUT2D eigenvalue weighted by Gasteiger charge is 2.13. The molecule has 94 valence electrons. The maximum atomic E-state index is 11.5. The van der Waals surface area contributed by atoms with Crippen molar-refractivity contribution in [3.8, 4) is 0 Å². The second-order valence-corrected chi connectivity index (χ2v) is 3.86. The zero-order valence-corrected chi connectivity index (χ0v) is 10.1. The maximum absolute atomic E-state index is 11.5. The molecule has 0 aliphatic carbocycles. The zero-order valence-electron chi connectivity index (χ0n) is 10.1. The van der Waals surface area contributed by atoms with E-state index in [1.54, 1.807) is 11.9 Å². The van der Waals surface area contributed by atoms with Crippen LogP contribution < -0.4 is 21.9 Å². The lowest BCUT2D eigenvalue weighted by molar-refractivity contribution is 1.02. The summed E-state index contributed by atoms with van der Waals surface area (Å²) in [4.78, 5) is 19.7. The van der Waals surface area contributed by atoms with Gasteiger partial charge in [0.25, 0.3) is 5.56 Å². The van der Waals surface area contributed by atoms with E-state index >= 15 is 0 Å². The third-order valence-electron chi connectivity index (χ3n) is 2.76. The van der Waals surface area contributed by atoms with Crippen LogP contribution in [-0.4, -0.2) is 17.0 Å². The van der Waals surface area contributed by atoms with Crippen molar-refractivity contribution < 1.29 is 0 Å². The molecule has 0 saturated heterocycles. The molecule has 0 unspecified atom stereocenters. The number of anilines is 3. The predicted molar refractivity (Wildman–Crippen MR) is 71.7 cm³/mol. The van der Waals surface area contributed by atoms with Crippen LogP contribution >= 0.6 is 0 Å².